The highest BCUT2D eigenvalue weighted by molar-refractivity contribution is 6.16. The third-order valence-corrected chi connectivity index (χ3v) is 3.98. The molecule has 3 heterocycles. The van der Waals surface area contributed by atoms with Crippen LogP contribution in [0.2, 0.25) is 0 Å². The van der Waals surface area contributed by atoms with Crippen molar-refractivity contribution in [2.75, 3.05) is 24.5 Å². The van der Waals surface area contributed by atoms with Crippen molar-refractivity contribution < 1.29 is 4.42 Å². The predicted molar refractivity (Wildman–Crippen MR) is 65.3 cm³/mol. The molecule has 0 aliphatic carbocycles. The first-order valence-corrected chi connectivity index (χ1v) is 6.70. The Morgan fingerprint density at radius 1 is 1.41 bits per heavy atom. The summed E-state index contributed by atoms with van der Waals surface area (Å²) in [6, 6.07) is 1.70. The third-order valence-electron chi connectivity index (χ3n) is 3.75. The molecule has 0 amide bonds. The van der Waals surface area contributed by atoms with Crippen molar-refractivity contribution in [2.24, 2.45) is 0 Å². The second-order valence-corrected chi connectivity index (χ2v) is 5.17. The number of aromatic nitrogens is 2. The number of hydrogen-bond acceptors (Lipinski definition) is 5. The molecule has 5 nitrogen and oxygen atoms in total. The number of piperazine rings is 1. The lowest BCUT2D eigenvalue weighted by Gasteiger charge is -2.41. The van der Waals surface area contributed by atoms with Crippen LogP contribution >= 0.6 is 11.6 Å². The molecule has 0 radical (unpaired) electrons. The van der Waals surface area contributed by atoms with Crippen LogP contribution in [-0.2, 0) is 5.88 Å². The van der Waals surface area contributed by atoms with Crippen LogP contribution in [0.4, 0.5) is 6.01 Å². The Balaban J connectivity index is 1.77. The van der Waals surface area contributed by atoms with Gasteiger partial charge in [-0.1, -0.05) is 5.10 Å². The fourth-order valence-electron chi connectivity index (χ4n) is 2.87. The fraction of sp³-hybridized carbons (Fsp3) is 0.818. The van der Waals surface area contributed by atoms with Crippen LogP contribution in [0.1, 0.15) is 25.7 Å². The second-order valence-electron chi connectivity index (χ2n) is 4.90. The van der Waals surface area contributed by atoms with Gasteiger partial charge in [0.2, 0.25) is 5.89 Å². The summed E-state index contributed by atoms with van der Waals surface area (Å²) in [5, 5.41) is 8.01. The molecule has 0 bridgehead atoms. The lowest BCUT2D eigenvalue weighted by molar-refractivity contribution is 0.197. The normalized spacial score (nSPS) is 29.6. The maximum absolute atomic E-state index is 5.68. The number of anilines is 1. The average Bonchev–Trinajstić information content (AvgIpc) is 2.94. The van der Waals surface area contributed by atoms with E-state index in [1.807, 2.05) is 0 Å². The molecule has 0 spiro atoms. The molecule has 2 aliphatic heterocycles. The zero-order valence-corrected chi connectivity index (χ0v) is 10.7. The van der Waals surface area contributed by atoms with E-state index in [0.717, 1.165) is 13.1 Å². The van der Waals surface area contributed by atoms with Crippen LogP contribution in [-0.4, -0.2) is 46.8 Å². The second kappa shape index (κ2) is 4.46. The van der Waals surface area contributed by atoms with Gasteiger partial charge in [0.05, 0.1) is 0 Å². The lowest BCUT2D eigenvalue weighted by atomic mass is 10.1. The van der Waals surface area contributed by atoms with Crippen molar-refractivity contribution in [3.8, 4) is 0 Å². The van der Waals surface area contributed by atoms with E-state index in [4.69, 9.17) is 16.0 Å². The van der Waals surface area contributed by atoms with Crippen LogP contribution in [0.15, 0.2) is 4.42 Å². The van der Waals surface area contributed by atoms with Gasteiger partial charge < -0.3 is 9.32 Å². The molecule has 0 saturated carbocycles. The van der Waals surface area contributed by atoms with E-state index in [0.29, 0.717) is 24.0 Å². The number of halogens is 1. The molecular weight excluding hydrogens is 240 g/mol. The van der Waals surface area contributed by atoms with Gasteiger partial charge in [0.1, 0.15) is 5.88 Å². The van der Waals surface area contributed by atoms with Gasteiger partial charge in [0, 0.05) is 25.2 Å². The monoisotopic (exact) mass is 256 g/mol. The molecule has 2 atom stereocenters. The van der Waals surface area contributed by atoms with Gasteiger partial charge in [-0.05, 0) is 26.3 Å². The van der Waals surface area contributed by atoms with Gasteiger partial charge >= 0.3 is 6.01 Å². The minimum atomic E-state index is 0.283. The first-order valence-electron chi connectivity index (χ1n) is 6.17. The highest BCUT2D eigenvalue weighted by atomic mass is 35.5. The molecule has 1 aromatic heterocycles. The molecule has 2 fully saturated rings. The maximum atomic E-state index is 5.68. The molecule has 0 aromatic carbocycles. The van der Waals surface area contributed by atoms with Crippen molar-refractivity contribution in [2.45, 2.75) is 37.7 Å². The molecule has 2 aliphatic rings. The highest BCUT2D eigenvalue weighted by Gasteiger charge is 2.36. The summed E-state index contributed by atoms with van der Waals surface area (Å²) < 4.78 is 5.54. The van der Waals surface area contributed by atoms with Crippen LogP contribution in [0.5, 0.6) is 0 Å². The van der Waals surface area contributed by atoms with E-state index in [-0.39, 0.29) is 5.88 Å². The quantitative estimate of drug-likeness (QED) is 0.750. The van der Waals surface area contributed by atoms with Crippen LogP contribution < -0.4 is 4.90 Å². The van der Waals surface area contributed by atoms with E-state index < -0.39 is 0 Å². The Hall–Kier alpha value is -0.810. The molecule has 94 valence electrons. The van der Waals surface area contributed by atoms with Crippen molar-refractivity contribution in [3.05, 3.63) is 5.89 Å². The third kappa shape index (κ3) is 2.02. The van der Waals surface area contributed by atoms with Crippen molar-refractivity contribution in [1.82, 2.24) is 15.1 Å². The summed E-state index contributed by atoms with van der Waals surface area (Å²) in [5.74, 6) is 0.785. The topological polar surface area (TPSA) is 45.4 Å². The van der Waals surface area contributed by atoms with Gasteiger partial charge in [-0.2, -0.15) is 0 Å². The average molecular weight is 257 g/mol. The van der Waals surface area contributed by atoms with Crippen molar-refractivity contribution in [1.29, 1.82) is 0 Å². The lowest BCUT2D eigenvalue weighted by Crippen LogP contribution is -2.55. The van der Waals surface area contributed by atoms with Gasteiger partial charge in [-0.25, -0.2) is 0 Å². The minimum Gasteiger partial charge on any atom is -0.407 e. The summed E-state index contributed by atoms with van der Waals surface area (Å²) in [4.78, 5) is 4.79. The van der Waals surface area contributed by atoms with Gasteiger partial charge in [0.25, 0.3) is 0 Å². The van der Waals surface area contributed by atoms with E-state index >= 15 is 0 Å². The smallest absolute Gasteiger partial charge is 0.318 e. The summed E-state index contributed by atoms with van der Waals surface area (Å²) in [7, 11) is 0. The summed E-state index contributed by atoms with van der Waals surface area (Å²) >= 11 is 5.68. The molecular formula is C11H17ClN4O. The Bertz CT molecular complexity index is 397. The number of hydrogen-bond donors (Lipinski definition) is 0. The largest absolute Gasteiger partial charge is 0.407 e. The SMILES string of the molecule is CC1CN2CCCC2CN1c1nnc(CCl)o1. The zero-order chi connectivity index (χ0) is 11.8. The van der Waals surface area contributed by atoms with Crippen molar-refractivity contribution in [3.63, 3.8) is 0 Å². The Morgan fingerprint density at radius 2 is 2.29 bits per heavy atom. The Kier molecular flexibility index (Phi) is 2.96. The van der Waals surface area contributed by atoms with Crippen molar-refractivity contribution >= 4 is 17.6 Å². The minimum absolute atomic E-state index is 0.283. The number of nitrogens with zero attached hydrogens (tertiary/aromatic N) is 4. The fourth-order valence-corrected chi connectivity index (χ4v) is 2.98. The van der Waals surface area contributed by atoms with E-state index in [1.165, 1.54) is 19.4 Å². The van der Waals surface area contributed by atoms with Crippen LogP contribution in [0, 0.1) is 0 Å². The Labute approximate surface area is 106 Å². The van der Waals surface area contributed by atoms with Crippen LogP contribution in [0.25, 0.3) is 0 Å². The molecule has 6 heteroatoms. The molecule has 1 aromatic rings. The zero-order valence-electron chi connectivity index (χ0n) is 9.97. The molecule has 0 N–H and O–H groups in total. The summed E-state index contributed by atoms with van der Waals surface area (Å²) in [6.07, 6.45) is 2.59. The maximum Gasteiger partial charge on any atom is 0.318 e. The number of fused-ring (bicyclic) bond motifs is 1. The summed E-state index contributed by atoms with van der Waals surface area (Å²) in [5.41, 5.74) is 0. The van der Waals surface area contributed by atoms with E-state index in [2.05, 4.69) is 26.9 Å². The van der Waals surface area contributed by atoms with Gasteiger partial charge in [-0.3, -0.25) is 4.90 Å². The van der Waals surface area contributed by atoms with E-state index in [1.54, 1.807) is 0 Å². The number of rotatable bonds is 2. The number of alkyl halides is 1. The van der Waals surface area contributed by atoms with Gasteiger partial charge in [0.15, 0.2) is 0 Å². The van der Waals surface area contributed by atoms with E-state index in [9.17, 15) is 0 Å². The molecule has 2 unspecified atom stereocenters. The first kappa shape index (κ1) is 11.3. The summed E-state index contributed by atoms with van der Waals surface area (Å²) in [6.45, 7) is 5.52. The molecule has 17 heavy (non-hydrogen) atoms. The Morgan fingerprint density at radius 3 is 3.06 bits per heavy atom. The predicted octanol–water partition coefficient (Wildman–Crippen LogP) is 1.48. The standard InChI is InChI=1S/C11H17ClN4O/c1-8-6-15-4-2-3-9(15)7-16(8)11-14-13-10(5-12)17-11/h8-9H,2-7H2,1H3. The highest BCUT2D eigenvalue weighted by Crippen LogP contribution is 2.27. The van der Waals surface area contributed by atoms with Gasteiger partial charge in [-0.15, -0.1) is 16.7 Å². The molecule has 3 rings (SSSR count). The first-order chi connectivity index (χ1) is 8.28. The van der Waals surface area contributed by atoms with Crippen LogP contribution in [0.3, 0.4) is 0 Å². The molecule has 2 saturated heterocycles.